The van der Waals surface area contributed by atoms with E-state index in [4.69, 9.17) is 14.9 Å². The van der Waals surface area contributed by atoms with Crippen LogP contribution in [0.15, 0.2) is 83.8 Å². The minimum atomic E-state index is -5.19. The molecule has 0 amide bonds. The Morgan fingerprint density at radius 2 is 1.51 bits per heavy atom. The number of hydrogen-bond acceptors (Lipinski definition) is 4. The van der Waals surface area contributed by atoms with Gasteiger partial charge in [0.15, 0.2) is 0 Å². The zero-order valence-corrected chi connectivity index (χ0v) is 19.8. The highest BCUT2D eigenvalue weighted by Crippen LogP contribution is 2.29. The maximum atomic E-state index is 13.2. The highest BCUT2D eigenvalue weighted by Gasteiger charge is 2.28. The summed E-state index contributed by atoms with van der Waals surface area (Å²) in [6.45, 7) is 1.51. The lowest BCUT2D eigenvalue weighted by Crippen LogP contribution is -2.47. The number of aliphatic carboxylic acids is 1. The van der Waals surface area contributed by atoms with Crippen LogP contribution in [0, 0.1) is 0 Å². The van der Waals surface area contributed by atoms with Crippen molar-refractivity contribution < 1.29 is 28.8 Å². The fraction of sp³-hybridized carbons (Fsp3) is 0.148. The number of aryl methyl sites for hydroxylation is 1. The van der Waals surface area contributed by atoms with Crippen molar-refractivity contribution in [1.82, 2.24) is 14.1 Å². The van der Waals surface area contributed by atoms with E-state index in [0.29, 0.717) is 5.69 Å². The van der Waals surface area contributed by atoms with Gasteiger partial charge in [0.1, 0.15) is 11.7 Å². The number of hydrogen-bond donors (Lipinski definition) is 1. The van der Waals surface area contributed by atoms with E-state index in [1.54, 1.807) is 11.6 Å². The van der Waals surface area contributed by atoms with E-state index in [2.05, 4.69) is 52.9 Å². The van der Waals surface area contributed by atoms with Gasteiger partial charge >= 0.3 is 6.18 Å². The number of halogens is 3. The molecule has 7 nitrogen and oxygen atoms in total. The summed E-state index contributed by atoms with van der Waals surface area (Å²) in [4.78, 5) is 26.7. The zero-order valence-electron chi connectivity index (χ0n) is 19.8. The van der Waals surface area contributed by atoms with E-state index < -0.39 is 12.1 Å². The Balaban J connectivity index is 0.000000405. The summed E-state index contributed by atoms with van der Waals surface area (Å²) in [6.07, 6.45) is -3.14. The molecule has 5 aromatic rings. The van der Waals surface area contributed by atoms with Crippen LogP contribution in [0.3, 0.4) is 0 Å². The van der Waals surface area contributed by atoms with Crippen molar-refractivity contribution in [2.24, 2.45) is 7.05 Å². The molecule has 0 bridgehead atoms. The molecular weight excluding hydrogens is 485 g/mol. The van der Waals surface area contributed by atoms with E-state index in [1.165, 1.54) is 11.1 Å². The number of benzene rings is 3. The van der Waals surface area contributed by atoms with Crippen molar-refractivity contribution in [3.05, 3.63) is 100 Å². The Bertz CT molecular complexity index is 1640. The molecule has 37 heavy (non-hydrogen) atoms. The Morgan fingerprint density at radius 3 is 2.14 bits per heavy atom. The SMILES string of the molecule is Cn1c(=O)c(-c2cn(Cc3ccc(C[NH3+])cc3)c3ccccc23)nc2ccccc21.O=C([O-])C(F)(F)F. The third kappa shape index (κ3) is 5.39. The van der Waals surface area contributed by atoms with Crippen molar-refractivity contribution in [2.75, 3.05) is 0 Å². The minimum absolute atomic E-state index is 0.0867. The molecular formula is C27H23F3N4O3. The molecule has 0 radical (unpaired) electrons. The van der Waals surface area contributed by atoms with E-state index in [0.717, 1.165) is 40.6 Å². The topological polar surface area (TPSA) is 108 Å². The Hall–Kier alpha value is -4.44. The summed E-state index contributed by atoms with van der Waals surface area (Å²) in [6, 6.07) is 24.4. The largest absolute Gasteiger partial charge is 0.542 e. The lowest BCUT2D eigenvalue weighted by atomic mass is 10.1. The van der Waals surface area contributed by atoms with Gasteiger partial charge in [-0.15, -0.1) is 0 Å². The smallest absolute Gasteiger partial charge is 0.430 e. The maximum Gasteiger partial charge on any atom is 0.430 e. The number of alkyl halides is 3. The van der Waals surface area contributed by atoms with Crippen LogP contribution in [0.25, 0.3) is 33.2 Å². The molecule has 0 aliphatic rings. The lowest BCUT2D eigenvalue weighted by molar-refractivity contribution is -0.386. The van der Waals surface area contributed by atoms with Gasteiger partial charge in [-0.3, -0.25) is 4.79 Å². The minimum Gasteiger partial charge on any atom is -0.542 e. The first-order valence-corrected chi connectivity index (χ1v) is 11.3. The van der Waals surface area contributed by atoms with Gasteiger partial charge in [-0.1, -0.05) is 54.6 Å². The molecule has 0 aliphatic carbocycles. The summed E-state index contributed by atoms with van der Waals surface area (Å²) in [5.74, 6) is -3.01. The van der Waals surface area contributed by atoms with Gasteiger partial charge < -0.3 is 24.8 Å². The third-order valence-electron chi connectivity index (χ3n) is 5.92. The first-order valence-electron chi connectivity index (χ1n) is 11.3. The van der Waals surface area contributed by atoms with Crippen molar-refractivity contribution in [2.45, 2.75) is 19.3 Å². The number of para-hydroxylation sites is 3. The monoisotopic (exact) mass is 508 g/mol. The van der Waals surface area contributed by atoms with Crippen molar-refractivity contribution in [1.29, 1.82) is 0 Å². The van der Waals surface area contributed by atoms with Gasteiger partial charge in [0.2, 0.25) is 0 Å². The van der Waals surface area contributed by atoms with Crippen LogP contribution in [-0.2, 0) is 24.9 Å². The summed E-state index contributed by atoms with van der Waals surface area (Å²) in [5.41, 5.74) is 10.4. The molecule has 0 fully saturated rings. The quantitative estimate of drug-likeness (QED) is 0.403. The average Bonchev–Trinajstić information content (AvgIpc) is 3.24. The highest BCUT2D eigenvalue weighted by atomic mass is 19.4. The number of carbonyl (C=O) groups is 1. The second-order valence-electron chi connectivity index (χ2n) is 8.35. The summed E-state index contributed by atoms with van der Waals surface area (Å²) in [5, 5.41) is 9.82. The van der Waals surface area contributed by atoms with Gasteiger partial charge in [0.05, 0.1) is 17.6 Å². The summed E-state index contributed by atoms with van der Waals surface area (Å²) < 4.78 is 35.4. The normalized spacial score (nSPS) is 11.4. The number of carboxylic acids is 1. The third-order valence-corrected chi connectivity index (χ3v) is 5.92. The van der Waals surface area contributed by atoms with Gasteiger partial charge in [-0.25, -0.2) is 4.98 Å². The van der Waals surface area contributed by atoms with Crippen LogP contribution in [0.2, 0.25) is 0 Å². The molecule has 10 heteroatoms. The number of carbonyl (C=O) groups excluding carboxylic acids is 1. The van der Waals surface area contributed by atoms with E-state index in [-0.39, 0.29) is 5.56 Å². The predicted molar refractivity (Wildman–Crippen MR) is 131 cm³/mol. The first kappa shape index (κ1) is 25.6. The maximum absolute atomic E-state index is 13.2. The van der Waals surface area contributed by atoms with Crippen molar-refractivity contribution in [3.8, 4) is 11.3 Å². The number of rotatable bonds is 4. The molecule has 0 aliphatic heterocycles. The average molecular weight is 509 g/mol. The summed E-state index contributed by atoms with van der Waals surface area (Å²) in [7, 11) is 1.80. The van der Waals surface area contributed by atoms with Gasteiger partial charge in [-0.2, -0.15) is 13.2 Å². The Morgan fingerprint density at radius 1 is 0.946 bits per heavy atom. The second kappa shape index (κ2) is 10.3. The van der Waals surface area contributed by atoms with Crippen LogP contribution in [0.5, 0.6) is 0 Å². The number of carboxylic acid groups (broad SMARTS) is 1. The van der Waals surface area contributed by atoms with Gasteiger partial charge in [0, 0.05) is 41.8 Å². The predicted octanol–water partition coefficient (Wildman–Crippen LogP) is 2.64. The molecule has 0 atom stereocenters. The number of nitrogens with zero attached hydrogens (tertiary/aromatic N) is 3. The standard InChI is InChI=1S/C25H22N4O.C2HF3O2/c1-28-23-9-5-3-7-21(23)27-24(25(28)30)20-16-29(22-8-4-2-6-19(20)22)15-18-12-10-17(14-26)11-13-18;3-2(4,5)1(6)7/h2-13,16H,14-15,26H2,1H3;(H,6,7). The van der Waals surface area contributed by atoms with Crippen LogP contribution < -0.4 is 16.4 Å². The van der Waals surface area contributed by atoms with E-state index in [9.17, 15) is 18.0 Å². The van der Waals surface area contributed by atoms with Crippen molar-refractivity contribution >= 4 is 27.9 Å². The van der Waals surface area contributed by atoms with Crippen LogP contribution in [-0.4, -0.2) is 26.3 Å². The van der Waals surface area contributed by atoms with Gasteiger partial charge in [-0.05, 0) is 23.8 Å². The number of aromatic nitrogens is 3. The molecule has 0 unspecified atom stereocenters. The van der Waals surface area contributed by atoms with E-state index >= 15 is 0 Å². The van der Waals surface area contributed by atoms with Crippen LogP contribution >= 0.6 is 0 Å². The fourth-order valence-corrected chi connectivity index (χ4v) is 4.03. The highest BCUT2D eigenvalue weighted by molar-refractivity contribution is 5.96. The zero-order chi connectivity index (χ0) is 26.7. The molecule has 2 heterocycles. The molecule has 3 aromatic carbocycles. The second-order valence-corrected chi connectivity index (χ2v) is 8.35. The molecule has 3 N–H and O–H groups in total. The number of fused-ring (bicyclic) bond motifs is 2. The Labute approximate surface area is 209 Å². The molecule has 0 spiro atoms. The molecule has 190 valence electrons. The number of quaternary nitrogens is 1. The molecule has 0 saturated heterocycles. The molecule has 0 saturated carbocycles. The van der Waals surface area contributed by atoms with Crippen LogP contribution in [0.1, 0.15) is 11.1 Å². The van der Waals surface area contributed by atoms with E-state index in [1.807, 2.05) is 36.4 Å². The van der Waals surface area contributed by atoms with Crippen LogP contribution in [0.4, 0.5) is 13.2 Å². The first-order chi connectivity index (χ1) is 17.6. The lowest BCUT2D eigenvalue weighted by Gasteiger charge is -2.07. The fourth-order valence-electron chi connectivity index (χ4n) is 4.03. The van der Waals surface area contributed by atoms with Crippen molar-refractivity contribution in [3.63, 3.8) is 0 Å². The summed E-state index contributed by atoms with van der Waals surface area (Å²) >= 11 is 0. The molecule has 2 aromatic heterocycles. The molecule has 5 rings (SSSR count). The van der Waals surface area contributed by atoms with Gasteiger partial charge in [0.25, 0.3) is 5.56 Å². The Kier molecular flexibility index (Phi) is 7.12.